The Morgan fingerprint density at radius 3 is 2.39 bits per heavy atom. The van der Waals surface area contributed by atoms with Gasteiger partial charge in [-0.25, -0.2) is 4.79 Å². The molecule has 7 heteroatoms. The van der Waals surface area contributed by atoms with Gasteiger partial charge in [0.1, 0.15) is 12.4 Å². The molecule has 4 atom stereocenters. The number of allylic oxidation sites excluding steroid dienone is 2. The van der Waals surface area contributed by atoms with Crippen LogP contribution in [0.5, 0.6) is 5.75 Å². The predicted molar refractivity (Wildman–Crippen MR) is 111 cm³/mol. The van der Waals surface area contributed by atoms with Crippen molar-refractivity contribution in [2.24, 2.45) is 28.8 Å². The third kappa shape index (κ3) is 3.42. The van der Waals surface area contributed by atoms with E-state index in [2.05, 4.69) is 17.3 Å². The first-order chi connectivity index (χ1) is 15.0. The highest BCUT2D eigenvalue weighted by Crippen LogP contribution is 2.52. The summed E-state index contributed by atoms with van der Waals surface area (Å²) in [6.45, 7) is 0.241. The molecule has 0 aromatic heterocycles. The Morgan fingerprint density at radius 1 is 1.06 bits per heavy atom. The number of nitrogens with zero attached hydrogens (tertiary/aromatic N) is 2. The van der Waals surface area contributed by atoms with Gasteiger partial charge in [-0.2, -0.15) is 10.1 Å². The first-order valence-corrected chi connectivity index (χ1v) is 10.2. The lowest BCUT2D eigenvalue weighted by Gasteiger charge is -2.13. The van der Waals surface area contributed by atoms with E-state index in [1.54, 1.807) is 42.5 Å². The SMILES string of the molecule is O=C(O)c1cccc(COc2ccc(C=NN3C(=O)C4C5C=CC(C5)C4C3=O)cc2)c1. The zero-order chi connectivity index (χ0) is 21.5. The van der Waals surface area contributed by atoms with Gasteiger partial charge in [0, 0.05) is 0 Å². The number of benzene rings is 2. The van der Waals surface area contributed by atoms with Gasteiger partial charge < -0.3 is 9.84 Å². The summed E-state index contributed by atoms with van der Waals surface area (Å²) >= 11 is 0. The molecule has 7 nitrogen and oxygen atoms in total. The lowest BCUT2D eigenvalue weighted by Crippen LogP contribution is -2.28. The number of carboxylic acids is 1. The quantitative estimate of drug-likeness (QED) is 0.443. The van der Waals surface area contributed by atoms with Crippen LogP contribution < -0.4 is 4.74 Å². The fraction of sp³-hybridized carbons (Fsp3) is 0.250. The van der Waals surface area contributed by atoms with E-state index in [1.165, 1.54) is 12.3 Å². The van der Waals surface area contributed by atoms with E-state index in [4.69, 9.17) is 9.84 Å². The smallest absolute Gasteiger partial charge is 0.335 e. The van der Waals surface area contributed by atoms with Crippen LogP contribution in [0.2, 0.25) is 0 Å². The van der Waals surface area contributed by atoms with E-state index >= 15 is 0 Å². The van der Waals surface area contributed by atoms with Crippen LogP contribution >= 0.6 is 0 Å². The third-order valence-electron chi connectivity index (χ3n) is 6.23. The molecule has 1 aliphatic heterocycles. The molecule has 2 amide bonds. The van der Waals surface area contributed by atoms with E-state index in [0.29, 0.717) is 5.75 Å². The normalized spacial score (nSPS) is 26.1. The van der Waals surface area contributed by atoms with Crippen LogP contribution in [-0.4, -0.2) is 34.1 Å². The molecule has 31 heavy (non-hydrogen) atoms. The van der Waals surface area contributed by atoms with Gasteiger partial charge in [-0.3, -0.25) is 9.59 Å². The van der Waals surface area contributed by atoms with E-state index in [0.717, 1.165) is 22.6 Å². The minimum Gasteiger partial charge on any atom is -0.489 e. The van der Waals surface area contributed by atoms with E-state index in [1.807, 2.05) is 0 Å². The summed E-state index contributed by atoms with van der Waals surface area (Å²) in [5, 5.41) is 14.3. The van der Waals surface area contributed by atoms with Crippen molar-refractivity contribution in [3.8, 4) is 5.75 Å². The molecule has 2 bridgehead atoms. The lowest BCUT2D eigenvalue weighted by atomic mass is 9.85. The Bertz CT molecular complexity index is 1090. The maximum Gasteiger partial charge on any atom is 0.335 e. The van der Waals surface area contributed by atoms with E-state index in [9.17, 15) is 14.4 Å². The molecule has 4 unspecified atom stereocenters. The number of ether oxygens (including phenoxy) is 1. The zero-order valence-electron chi connectivity index (χ0n) is 16.5. The molecular formula is C24H20N2O5. The Morgan fingerprint density at radius 2 is 1.74 bits per heavy atom. The standard InChI is InChI=1S/C24H20N2O5/c27-22-20-16-6-7-17(11-16)21(20)23(28)26(22)25-12-14-4-8-19(9-5-14)31-13-15-2-1-3-18(10-15)24(29)30/h1-10,12,16-17,20-21H,11,13H2,(H,29,30). The Balaban J connectivity index is 1.21. The van der Waals surface area contributed by atoms with Gasteiger partial charge in [-0.05, 0) is 65.8 Å². The number of hydrogen-bond donors (Lipinski definition) is 1. The average molecular weight is 416 g/mol. The number of amides is 2. The second-order valence-corrected chi connectivity index (χ2v) is 8.10. The van der Waals surface area contributed by atoms with Gasteiger partial charge in [0.15, 0.2) is 0 Å². The van der Waals surface area contributed by atoms with Crippen molar-refractivity contribution in [1.29, 1.82) is 0 Å². The van der Waals surface area contributed by atoms with Crippen molar-refractivity contribution in [2.45, 2.75) is 13.0 Å². The number of carboxylic acid groups (broad SMARTS) is 1. The van der Waals surface area contributed by atoms with Crippen LogP contribution in [0.4, 0.5) is 0 Å². The van der Waals surface area contributed by atoms with Crippen molar-refractivity contribution in [3.05, 3.63) is 77.4 Å². The molecule has 156 valence electrons. The number of imide groups is 1. The number of carbonyl (C=O) groups excluding carboxylic acids is 2. The Kier molecular flexibility index (Phi) is 4.66. The number of carbonyl (C=O) groups is 3. The summed E-state index contributed by atoms with van der Waals surface area (Å²) in [4.78, 5) is 36.4. The molecule has 1 heterocycles. The summed E-state index contributed by atoms with van der Waals surface area (Å²) < 4.78 is 5.71. The van der Waals surface area contributed by atoms with Crippen molar-refractivity contribution in [1.82, 2.24) is 5.01 Å². The summed E-state index contributed by atoms with van der Waals surface area (Å²) in [5.41, 5.74) is 1.70. The van der Waals surface area contributed by atoms with Gasteiger partial charge in [-0.15, -0.1) is 0 Å². The van der Waals surface area contributed by atoms with Crippen molar-refractivity contribution < 1.29 is 24.2 Å². The molecule has 2 aromatic carbocycles. The number of fused-ring (bicyclic) bond motifs is 5. The van der Waals surface area contributed by atoms with Crippen LogP contribution in [0, 0.1) is 23.7 Å². The fourth-order valence-corrected chi connectivity index (χ4v) is 4.74. The van der Waals surface area contributed by atoms with Gasteiger partial charge >= 0.3 is 5.97 Å². The second kappa shape index (κ2) is 7.50. The molecule has 1 N–H and O–H groups in total. The maximum absolute atomic E-state index is 12.6. The van der Waals surface area contributed by atoms with Crippen molar-refractivity contribution in [3.63, 3.8) is 0 Å². The lowest BCUT2D eigenvalue weighted by molar-refractivity contribution is -0.140. The molecule has 3 aliphatic rings. The second-order valence-electron chi connectivity index (χ2n) is 8.10. The van der Waals surface area contributed by atoms with E-state index in [-0.39, 0.29) is 47.7 Å². The Hall–Kier alpha value is -3.74. The Labute approximate surface area is 178 Å². The summed E-state index contributed by atoms with van der Waals surface area (Å²) in [6, 6.07) is 13.7. The van der Waals surface area contributed by atoms with Crippen LogP contribution in [0.25, 0.3) is 0 Å². The molecule has 2 fully saturated rings. The average Bonchev–Trinajstić information content (AvgIpc) is 3.46. The molecule has 1 saturated carbocycles. The molecule has 2 aromatic rings. The van der Waals surface area contributed by atoms with Crippen LogP contribution in [0.3, 0.4) is 0 Å². The topological polar surface area (TPSA) is 96.3 Å². The molecule has 5 rings (SSSR count). The summed E-state index contributed by atoms with van der Waals surface area (Å²) in [7, 11) is 0. The summed E-state index contributed by atoms with van der Waals surface area (Å²) in [5.74, 6) is -0.946. The highest BCUT2D eigenvalue weighted by atomic mass is 16.5. The number of hydrazone groups is 1. The first-order valence-electron chi connectivity index (χ1n) is 10.2. The van der Waals surface area contributed by atoms with Crippen molar-refractivity contribution in [2.75, 3.05) is 0 Å². The maximum atomic E-state index is 12.6. The largest absolute Gasteiger partial charge is 0.489 e. The molecule has 0 radical (unpaired) electrons. The minimum atomic E-state index is -0.979. The van der Waals surface area contributed by atoms with Crippen LogP contribution in [-0.2, 0) is 16.2 Å². The highest BCUT2D eigenvalue weighted by Gasteiger charge is 2.59. The molecule has 1 saturated heterocycles. The van der Waals surface area contributed by atoms with Gasteiger partial charge in [-0.1, -0.05) is 24.3 Å². The zero-order valence-corrected chi connectivity index (χ0v) is 16.5. The number of aromatic carboxylic acids is 1. The van der Waals surface area contributed by atoms with Crippen molar-refractivity contribution >= 4 is 24.0 Å². The number of hydrogen-bond acceptors (Lipinski definition) is 5. The summed E-state index contributed by atoms with van der Waals surface area (Å²) in [6.07, 6.45) is 6.51. The van der Waals surface area contributed by atoms with Gasteiger partial charge in [0.2, 0.25) is 0 Å². The molecular weight excluding hydrogens is 396 g/mol. The molecule has 2 aliphatic carbocycles. The highest BCUT2D eigenvalue weighted by molar-refractivity contribution is 6.06. The molecule has 0 spiro atoms. The van der Waals surface area contributed by atoms with Gasteiger partial charge in [0.25, 0.3) is 11.8 Å². The van der Waals surface area contributed by atoms with Crippen LogP contribution in [0.15, 0.2) is 65.8 Å². The monoisotopic (exact) mass is 416 g/mol. The number of rotatable bonds is 6. The van der Waals surface area contributed by atoms with E-state index < -0.39 is 5.97 Å². The van der Waals surface area contributed by atoms with Gasteiger partial charge in [0.05, 0.1) is 23.6 Å². The fourth-order valence-electron chi connectivity index (χ4n) is 4.74. The van der Waals surface area contributed by atoms with Crippen LogP contribution in [0.1, 0.15) is 27.9 Å². The minimum absolute atomic E-state index is 0.166. The third-order valence-corrected chi connectivity index (χ3v) is 6.23. The predicted octanol–water partition coefficient (Wildman–Crippen LogP) is 3.10. The first kappa shape index (κ1) is 19.2.